The summed E-state index contributed by atoms with van der Waals surface area (Å²) >= 11 is 0. The summed E-state index contributed by atoms with van der Waals surface area (Å²) < 4.78 is 22.7. The predicted octanol–water partition coefficient (Wildman–Crippen LogP) is 18.8. The molecule has 0 heterocycles. The number of likely N-dealkylation sites (N-methyl/N-ethyl adjacent to an activating group) is 1. The normalized spacial score (nSPS) is 13.8. The molecule has 0 aliphatic rings. The lowest BCUT2D eigenvalue weighted by Gasteiger charge is -2.26. The van der Waals surface area contributed by atoms with E-state index < -0.39 is 24.3 Å². The molecular formula is C74H119NO8. The second-order valence-corrected chi connectivity index (χ2v) is 22.3. The zero-order valence-electron chi connectivity index (χ0n) is 53.2. The molecular weight excluding hydrogens is 1030 g/mol. The van der Waals surface area contributed by atoms with Gasteiger partial charge in [-0.3, -0.25) is 9.59 Å². The number of carbonyl (C=O) groups excluding carboxylic acids is 3. The van der Waals surface area contributed by atoms with Crippen molar-refractivity contribution >= 4 is 17.9 Å². The Kier molecular flexibility index (Phi) is 59.1. The highest BCUT2D eigenvalue weighted by molar-refractivity contribution is 5.70. The minimum Gasteiger partial charge on any atom is -0.545 e. The Balaban J connectivity index is 4.24. The Morgan fingerprint density at radius 2 is 0.651 bits per heavy atom. The molecule has 83 heavy (non-hydrogen) atoms. The molecule has 0 aromatic heterocycles. The van der Waals surface area contributed by atoms with Gasteiger partial charge >= 0.3 is 11.9 Å². The summed E-state index contributed by atoms with van der Waals surface area (Å²) in [5, 5.41) is 11.8. The van der Waals surface area contributed by atoms with Gasteiger partial charge in [-0.05, 0) is 122 Å². The quantitative estimate of drug-likeness (QED) is 0.0195. The maximum absolute atomic E-state index is 12.9. The Hall–Kier alpha value is -5.09. The highest BCUT2D eigenvalue weighted by Crippen LogP contribution is 2.15. The summed E-state index contributed by atoms with van der Waals surface area (Å²) in [6, 6.07) is 0. The van der Waals surface area contributed by atoms with Gasteiger partial charge < -0.3 is 33.3 Å². The van der Waals surface area contributed by atoms with Gasteiger partial charge in [0.25, 0.3) is 0 Å². The molecule has 0 rings (SSSR count). The Morgan fingerprint density at radius 1 is 0.361 bits per heavy atom. The van der Waals surface area contributed by atoms with E-state index in [2.05, 4.69) is 172 Å². The van der Waals surface area contributed by atoms with E-state index in [1.54, 1.807) is 0 Å². The predicted molar refractivity (Wildman–Crippen MR) is 352 cm³/mol. The number of hydrogen-bond acceptors (Lipinski definition) is 8. The monoisotopic (exact) mass is 1150 g/mol. The van der Waals surface area contributed by atoms with E-state index >= 15 is 0 Å². The van der Waals surface area contributed by atoms with E-state index in [1.165, 1.54) is 77.0 Å². The first-order valence-corrected chi connectivity index (χ1v) is 32.6. The number of nitrogens with zero attached hydrogens (tertiary/aromatic N) is 1. The van der Waals surface area contributed by atoms with Crippen LogP contribution >= 0.6 is 0 Å². The molecule has 0 bridgehead atoms. The zero-order valence-corrected chi connectivity index (χ0v) is 53.2. The average Bonchev–Trinajstić information content (AvgIpc) is 3.46. The first kappa shape index (κ1) is 77.9. The second-order valence-electron chi connectivity index (χ2n) is 22.3. The number of ether oxygens (including phenoxy) is 4. The van der Waals surface area contributed by atoms with Crippen molar-refractivity contribution in [3.63, 3.8) is 0 Å². The number of quaternary nitrogens is 1. The number of unbranched alkanes of at least 4 members (excludes halogenated alkanes) is 17. The van der Waals surface area contributed by atoms with Crippen LogP contribution in [-0.2, 0) is 33.3 Å². The molecule has 9 nitrogen and oxygen atoms in total. The molecule has 0 fully saturated rings. The van der Waals surface area contributed by atoms with E-state index in [0.717, 1.165) is 122 Å². The largest absolute Gasteiger partial charge is 0.545 e. The van der Waals surface area contributed by atoms with Crippen LogP contribution in [0.15, 0.2) is 158 Å². The molecule has 0 saturated heterocycles. The van der Waals surface area contributed by atoms with Crippen molar-refractivity contribution in [3.8, 4) is 0 Å². The van der Waals surface area contributed by atoms with Crippen molar-refractivity contribution in [3.05, 3.63) is 158 Å². The van der Waals surface area contributed by atoms with Gasteiger partial charge in [-0.2, -0.15) is 0 Å². The number of esters is 2. The van der Waals surface area contributed by atoms with Gasteiger partial charge in [0.1, 0.15) is 13.2 Å². The lowest BCUT2D eigenvalue weighted by molar-refractivity contribution is -0.870. The van der Waals surface area contributed by atoms with E-state index in [4.69, 9.17) is 18.9 Å². The molecule has 0 aliphatic carbocycles. The lowest BCUT2D eigenvalue weighted by atomic mass is 10.0. The van der Waals surface area contributed by atoms with Gasteiger partial charge in [0.15, 0.2) is 12.4 Å². The number of rotatable bonds is 58. The molecule has 0 spiro atoms. The van der Waals surface area contributed by atoms with Crippen LogP contribution in [0.5, 0.6) is 0 Å². The lowest BCUT2D eigenvalue weighted by Crippen LogP contribution is -2.44. The number of carboxylic acids is 1. The number of carboxylic acid groups (broad SMARTS) is 1. The van der Waals surface area contributed by atoms with Gasteiger partial charge in [0, 0.05) is 12.8 Å². The maximum Gasteiger partial charge on any atom is 0.306 e. The summed E-state index contributed by atoms with van der Waals surface area (Å²) in [4.78, 5) is 37.4. The Bertz CT molecular complexity index is 1920. The molecule has 0 amide bonds. The molecule has 0 radical (unpaired) electrons. The van der Waals surface area contributed by atoms with Crippen molar-refractivity contribution in [1.82, 2.24) is 0 Å². The van der Waals surface area contributed by atoms with Crippen LogP contribution in [0.1, 0.15) is 232 Å². The standard InChI is InChI=1S/C74H119NO8/c1-6-8-10-12-14-16-18-20-22-24-26-28-30-32-33-34-35-36-37-38-39-41-42-44-46-48-50-52-54-56-58-60-62-64-71(76)81-68-70(69-82-74(73(78)79)80-67-66-75(3,4)5)83-72(77)65-63-61-59-57-55-53-51-49-47-45-43-40-31-29-27-25-23-21-19-17-15-13-11-9-7-2/h8-11,14-17,20-23,26-29,32-33,35-36,40,43,47,49,53,55,70,74H,6-7,12-13,18-19,24-25,30-31,34,37-39,41-42,44-46,48,50-52,54,56-69H2,1-5H3/b10-8-,11-9-,16-14-,17-15-,22-20-,23-21-,28-26-,29-27-,33-32-,36-35-,43-40-,49-47-,55-53-. The third-order valence-electron chi connectivity index (χ3n) is 13.3. The molecule has 0 N–H and O–H groups in total. The fraction of sp³-hybridized carbons (Fsp3) is 0.608. The maximum atomic E-state index is 12.9. The molecule has 0 saturated carbocycles. The number of hydrogen-bond donors (Lipinski definition) is 0. The number of allylic oxidation sites excluding steroid dienone is 26. The molecule has 0 aliphatic heterocycles. The van der Waals surface area contributed by atoms with Gasteiger partial charge in [-0.1, -0.05) is 255 Å². The van der Waals surface area contributed by atoms with Crippen LogP contribution in [-0.4, -0.2) is 82.3 Å². The topological polar surface area (TPSA) is 111 Å². The SMILES string of the molecule is CC/C=C\C/C=C\C/C=C\C/C=C\C/C=C\C/C=C\C/C=C\CCCCCC(=O)OC(COC(=O)CCCCCCCCCCCCCCCC/C=C\C/C=C\C/C=C\C/C=C\C/C=C\C/C=C\CC)COC(OCC[N+](C)(C)C)C(=O)[O-]. The third kappa shape index (κ3) is 64.3. The van der Waals surface area contributed by atoms with Crippen LogP contribution in [0.3, 0.4) is 0 Å². The zero-order chi connectivity index (χ0) is 60.5. The highest BCUT2D eigenvalue weighted by Gasteiger charge is 2.22. The van der Waals surface area contributed by atoms with Gasteiger partial charge in [-0.15, -0.1) is 0 Å². The summed E-state index contributed by atoms with van der Waals surface area (Å²) in [5.41, 5.74) is 0. The first-order chi connectivity index (χ1) is 40.6. The highest BCUT2D eigenvalue weighted by atomic mass is 16.7. The Labute approximate surface area is 508 Å². The molecule has 468 valence electrons. The van der Waals surface area contributed by atoms with Gasteiger partial charge in [-0.25, -0.2) is 0 Å². The molecule has 2 atom stereocenters. The fourth-order valence-corrected chi connectivity index (χ4v) is 8.34. The van der Waals surface area contributed by atoms with Crippen molar-refractivity contribution < 1.29 is 42.9 Å². The molecule has 2 unspecified atom stereocenters. The third-order valence-corrected chi connectivity index (χ3v) is 13.3. The molecule has 0 aromatic carbocycles. The summed E-state index contributed by atoms with van der Waals surface area (Å²) in [5.74, 6) is -2.34. The van der Waals surface area contributed by atoms with Crippen molar-refractivity contribution in [2.45, 2.75) is 245 Å². The van der Waals surface area contributed by atoms with Crippen LogP contribution in [0, 0.1) is 0 Å². The number of carbonyl (C=O) groups is 3. The van der Waals surface area contributed by atoms with Crippen LogP contribution in [0.25, 0.3) is 0 Å². The first-order valence-electron chi connectivity index (χ1n) is 32.6. The van der Waals surface area contributed by atoms with Crippen molar-refractivity contribution in [2.75, 3.05) is 47.5 Å². The Morgan fingerprint density at radius 3 is 0.976 bits per heavy atom. The smallest absolute Gasteiger partial charge is 0.306 e. The fourth-order valence-electron chi connectivity index (χ4n) is 8.34. The molecule has 9 heteroatoms. The average molecular weight is 1150 g/mol. The number of aliphatic carboxylic acids is 1. The van der Waals surface area contributed by atoms with Crippen LogP contribution in [0.2, 0.25) is 0 Å². The minimum atomic E-state index is -1.64. The minimum absolute atomic E-state index is 0.132. The summed E-state index contributed by atoms with van der Waals surface area (Å²) in [6.07, 6.45) is 90.2. The van der Waals surface area contributed by atoms with Crippen molar-refractivity contribution in [1.29, 1.82) is 0 Å². The van der Waals surface area contributed by atoms with Crippen LogP contribution < -0.4 is 5.11 Å². The van der Waals surface area contributed by atoms with E-state index in [9.17, 15) is 19.5 Å². The van der Waals surface area contributed by atoms with E-state index in [1.807, 2.05) is 21.1 Å². The molecule has 0 aromatic rings. The van der Waals surface area contributed by atoms with E-state index in [-0.39, 0.29) is 38.6 Å². The van der Waals surface area contributed by atoms with Crippen molar-refractivity contribution in [2.24, 2.45) is 0 Å². The van der Waals surface area contributed by atoms with Gasteiger partial charge in [0.05, 0.1) is 40.3 Å². The second kappa shape index (κ2) is 62.9. The summed E-state index contributed by atoms with van der Waals surface area (Å²) in [7, 11) is 5.90. The van der Waals surface area contributed by atoms with Gasteiger partial charge in [0.2, 0.25) is 0 Å². The summed E-state index contributed by atoms with van der Waals surface area (Å²) in [6.45, 7) is 4.46. The van der Waals surface area contributed by atoms with Crippen LogP contribution in [0.4, 0.5) is 0 Å². The van der Waals surface area contributed by atoms with E-state index in [0.29, 0.717) is 17.4 Å².